The van der Waals surface area contributed by atoms with Gasteiger partial charge in [0.05, 0.1) is 11.1 Å². The third-order valence-electron chi connectivity index (χ3n) is 4.54. The normalized spacial score (nSPS) is 15.1. The van der Waals surface area contributed by atoms with Gasteiger partial charge in [0.2, 0.25) is 0 Å². The number of esters is 1. The summed E-state index contributed by atoms with van der Waals surface area (Å²) in [6.45, 7) is 0.404. The van der Waals surface area contributed by atoms with Crippen LogP contribution in [0.5, 0.6) is 0 Å². The summed E-state index contributed by atoms with van der Waals surface area (Å²) in [5, 5.41) is 4.05. The number of carbonyl (C=O) groups is 2. The maximum absolute atomic E-state index is 12.1. The van der Waals surface area contributed by atoms with Crippen molar-refractivity contribution in [3.63, 3.8) is 0 Å². The number of ether oxygens (including phenoxy) is 1. The summed E-state index contributed by atoms with van der Waals surface area (Å²) >= 11 is 5.84. The Morgan fingerprint density at radius 1 is 1.16 bits per heavy atom. The number of benzene rings is 1. The van der Waals surface area contributed by atoms with Crippen LogP contribution in [-0.2, 0) is 9.53 Å². The van der Waals surface area contributed by atoms with Crippen LogP contribution in [0.1, 0.15) is 42.5 Å². The molecule has 25 heavy (non-hydrogen) atoms. The average Bonchev–Trinajstić information content (AvgIpc) is 2.64. The summed E-state index contributed by atoms with van der Waals surface area (Å²) < 4.78 is 5.10. The highest BCUT2D eigenvalue weighted by molar-refractivity contribution is 6.29. The molecule has 0 spiro atoms. The minimum Gasteiger partial charge on any atom is -0.452 e. The molecule has 1 aliphatic carbocycles. The van der Waals surface area contributed by atoms with E-state index in [0.717, 1.165) is 18.2 Å². The predicted molar refractivity (Wildman–Crippen MR) is 96.6 cm³/mol. The lowest BCUT2D eigenvalue weighted by atomic mass is 9.89. The lowest BCUT2D eigenvalue weighted by Gasteiger charge is -2.21. The number of fused-ring (bicyclic) bond motifs is 1. The van der Waals surface area contributed by atoms with E-state index in [0.29, 0.717) is 28.7 Å². The number of nitrogens with one attached hydrogen (secondary N) is 1. The van der Waals surface area contributed by atoms with Crippen LogP contribution in [0.2, 0.25) is 5.15 Å². The minimum atomic E-state index is -0.523. The van der Waals surface area contributed by atoms with Gasteiger partial charge in [-0.2, -0.15) is 0 Å². The molecular weight excluding hydrogens is 340 g/mol. The number of rotatable bonds is 5. The Kier molecular flexibility index (Phi) is 5.87. The van der Waals surface area contributed by atoms with Crippen molar-refractivity contribution in [2.24, 2.45) is 5.92 Å². The van der Waals surface area contributed by atoms with Gasteiger partial charge in [-0.3, -0.25) is 4.79 Å². The Labute approximate surface area is 151 Å². The van der Waals surface area contributed by atoms with Gasteiger partial charge < -0.3 is 10.1 Å². The first-order chi connectivity index (χ1) is 12.1. The van der Waals surface area contributed by atoms with Crippen LogP contribution in [0, 0.1) is 5.92 Å². The van der Waals surface area contributed by atoms with Crippen molar-refractivity contribution < 1.29 is 14.3 Å². The Hall–Kier alpha value is -2.14. The van der Waals surface area contributed by atoms with Crippen LogP contribution in [0.25, 0.3) is 10.9 Å². The van der Waals surface area contributed by atoms with E-state index in [1.807, 2.05) is 0 Å². The van der Waals surface area contributed by atoms with Gasteiger partial charge in [0.15, 0.2) is 6.61 Å². The van der Waals surface area contributed by atoms with E-state index in [1.165, 1.54) is 19.3 Å². The minimum absolute atomic E-state index is 0.256. The number of hydrogen-bond acceptors (Lipinski definition) is 4. The van der Waals surface area contributed by atoms with Crippen LogP contribution < -0.4 is 5.32 Å². The van der Waals surface area contributed by atoms with E-state index < -0.39 is 5.97 Å². The summed E-state index contributed by atoms with van der Waals surface area (Å²) in [5.41, 5.74) is 1.09. The third kappa shape index (κ3) is 4.92. The lowest BCUT2D eigenvalue weighted by molar-refractivity contribution is -0.124. The highest BCUT2D eigenvalue weighted by Crippen LogP contribution is 2.22. The Balaban J connectivity index is 1.50. The molecule has 0 radical (unpaired) electrons. The molecule has 1 aromatic heterocycles. The van der Waals surface area contributed by atoms with Crippen molar-refractivity contribution in [3.05, 3.63) is 41.0 Å². The fraction of sp³-hybridized carbons (Fsp3) is 0.421. The smallest absolute Gasteiger partial charge is 0.338 e. The molecule has 0 aliphatic heterocycles. The fourth-order valence-electron chi connectivity index (χ4n) is 3.14. The van der Waals surface area contributed by atoms with E-state index in [1.54, 1.807) is 30.3 Å². The number of hydrogen-bond donors (Lipinski definition) is 1. The quantitative estimate of drug-likeness (QED) is 0.651. The van der Waals surface area contributed by atoms with E-state index in [4.69, 9.17) is 16.3 Å². The molecule has 0 saturated heterocycles. The van der Waals surface area contributed by atoms with Gasteiger partial charge >= 0.3 is 5.97 Å². The summed E-state index contributed by atoms with van der Waals surface area (Å²) in [6, 6.07) is 8.46. The van der Waals surface area contributed by atoms with E-state index in [2.05, 4.69) is 10.3 Å². The molecule has 1 fully saturated rings. The van der Waals surface area contributed by atoms with E-state index >= 15 is 0 Å². The second-order valence-electron chi connectivity index (χ2n) is 6.43. The molecule has 6 heteroatoms. The molecule has 5 nitrogen and oxygen atoms in total. The molecule has 0 atom stereocenters. The highest BCUT2D eigenvalue weighted by atomic mass is 35.5. The van der Waals surface area contributed by atoms with E-state index in [-0.39, 0.29) is 12.5 Å². The number of amides is 1. The molecule has 132 valence electrons. The number of nitrogens with zero attached hydrogens (tertiary/aromatic N) is 1. The first-order valence-corrected chi connectivity index (χ1v) is 9.00. The van der Waals surface area contributed by atoms with Gasteiger partial charge in [-0.25, -0.2) is 9.78 Å². The van der Waals surface area contributed by atoms with E-state index in [9.17, 15) is 9.59 Å². The summed E-state index contributed by atoms with van der Waals surface area (Å²) in [7, 11) is 0. The zero-order valence-corrected chi connectivity index (χ0v) is 14.7. The largest absolute Gasteiger partial charge is 0.452 e. The SMILES string of the molecule is O=C(COC(=O)c1ccc2nc(Cl)ccc2c1)NCC1CCCCC1. The molecule has 0 unspecified atom stereocenters. The molecule has 1 amide bonds. The maximum Gasteiger partial charge on any atom is 0.338 e. The summed E-state index contributed by atoms with van der Waals surface area (Å²) in [5.74, 6) is -0.231. The zero-order valence-electron chi connectivity index (χ0n) is 14.0. The van der Waals surface area contributed by atoms with Crippen LogP contribution in [0.4, 0.5) is 0 Å². The first-order valence-electron chi connectivity index (χ1n) is 8.62. The first kappa shape index (κ1) is 17.7. The second-order valence-corrected chi connectivity index (χ2v) is 6.81. The molecular formula is C19H21ClN2O3. The van der Waals surface area contributed by atoms with Crippen molar-refractivity contribution in [3.8, 4) is 0 Å². The molecule has 1 heterocycles. The molecule has 3 rings (SSSR count). The van der Waals surface area contributed by atoms with Gasteiger partial charge in [0.1, 0.15) is 5.15 Å². The Morgan fingerprint density at radius 2 is 1.96 bits per heavy atom. The molecule has 2 aromatic rings. The summed E-state index contributed by atoms with van der Waals surface area (Å²) in [4.78, 5) is 28.1. The van der Waals surface area contributed by atoms with Crippen molar-refractivity contribution >= 4 is 34.4 Å². The van der Waals surface area contributed by atoms with Crippen LogP contribution in [0.15, 0.2) is 30.3 Å². The Bertz CT molecular complexity index is 772. The number of carbonyl (C=O) groups excluding carboxylic acids is 2. The van der Waals surface area contributed by atoms with Crippen molar-refractivity contribution in [1.29, 1.82) is 0 Å². The lowest BCUT2D eigenvalue weighted by Crippen LogP contribution is -2.33. The van der Waals surface area contributed by atoms with Crippen molar-refractivity contribution in [1.82, 2.24) is 10.3 Å². The van der Waals surface area contributed by atoms with Crippen LogP contribution >= 0.6 is 11.6 Å². The van der Waals surface area contributed by atoms with Gasteiger partial charge in [0, 0.05) is 11.9 Å². The van der Waals surface area contributed by atoms with Gasteiger partial charge in [0.25, 0.3) is 5.91 Å². The second kappa shape index (κ2) is 8.30. The van der Waals surface area contributed by atoms with Gasteiger partial charge in [-0.05, 0) is 49.1 Å². The van der Waals surface area contributed by atoms with Gasteiger partial charge in [-0.15, -0.1) is 0 Å². The molecule has 0 bridgehead atoms. The average molecular weight is 361 g/mol. The van der Waals surface area contributed by atoms with Crippen LogP contribution in [0.3, 0.4) is 0 Å². The highest BCUT2D eigenvalue weighted by Gasteiger charge is 2.15. The third-order valence-corrected chi connectivity index (χ3v) is 4.75. The van der Waals surface area contributed by atoms with Crippen molar-refractivity contribution in [2.45, 2.75) is 32.1 Å². The molecule has 1 N–H and O–H groups in total. The summed E-state index contributed by atoms with van der Waals surface area (Å²) in [6.07, 6.45) is 6.08. The Morgan fingerprint density at radius 3 is 2.76 bits per heavy atom. The fourth-order valence-corrected chi connectivity index (χ4v) is 3.30. The van der Waals surface area contributed by atoms with Crippen LogP contribution in [-0.4, -0.2) is 30.0 Å². The molecule has 1 saturated carbocycles. The van der Waals surface area contributed by atoms with Gasteiger partial charge in [-0.1, -0.05) is 30.9 Å². The standard InChI is InChI=1S/C19H21ClN2O3/c20-17-9-7-14-10-15(6-8-16(14)22-17)19(24)25-12-18(23)21-11-13-4-2-1-3-5-13/h6-10,13H,1-5,11-12H2,(H,21,23). The number of pyridine rings is 1. The number of aromatic nitrogens is 1. The monoisotopic (exact) mass is 360 g/mol. The molecule has 1 aromatic carbocycles. The number of halogens is 1. The van der Waals surface area contributed by atoms with Crippen molar-refractivity contribution in [2.75, 3.05) is 13.2 Å². The predicted octanol–water partition coefficient (Wildman–Crippen LogP) is 3.74. The maximum atomic E-state index is 12.1. The topological polar surface area (TPSA) is 68.3 Å². The molecule has 1 aliphatic rings. The zero-order chi connectivity index (χ0) is 17.6.